The molecule has 3 amide bonds. The minimum atomic E-state index is -0.793. The predicted octanol–water partition coefficient (Wildman–Crippen LogP) is 0.0612. The van der Waals surface area contributed by atoms with Crippen molar-refractivity contribution in [1.29, 1.82) is 0 Å². The average Bonchev–Trinajstić information content (AvgIpc) is 2.51. The quantitative estimate of drug-likeness (QED) is 0.540. The van der Waals surface area contributed by atoms with Crippen molar-refractivity contribution in [2.75, 3.05) is 0 Å². The van der Waals surface area contributed by atoms with Gasteiger partial charge in [0.1, 0.15) is 0 Å². The SMILES string of the molecule is NC(=O)NNC(=O)c1ccsc1. The molecule has 1 aromatic heterocycles. The molecule has 0 radical (unpaired) electrons. The van der Waals surface area contributed by atoms with E-state index in [1.54, 1.807) is 16.8 Å². The fraction of sp³-hybridized carbons (Fsp3) is 0. The van der Waals surface area contributed by atoms with E-state index in [-0.39, 0.29) is 5.91 Å². The Morgan fingerprint density at radius 2 is 2.17 bits per heavy atom. The zero-order valence-corrected chi connectivity index (χ0v) is 6.85. The van der Waals surface area contributed by atoms with E-state index in [1.165, 1.54) is 11.3 Å². The molecule has 1 aromatic rings. The summed E-state index contributed by atoms with van der Waals surface area (Å²) in [5.74, 6) is -0.380. The number of hydrogen-bond acceptors (Lipinski definition) is 3. The van der Waals surface area contributed by atoms with Gasteiger partial charge in [-0.3, -0.25) is 10.2 Å². The number of carbonyl (C=O) groups is 2. The van der Waals surface area contributed by atoms with Gasteiger partial charge in [-0.15, -0.1) is 0 Å². The van der Waals surface area contributed by atoms with Crippen molar-refractivity contribution >= 4 is 23.3 Å². The summed E-state index contributed by atoms with van der Waals surface area (Å²) in [4.78, 5) is 21.2. The van der Waals surface area contributed by atoms with Gasteiger partial charge in [0.2, 0.25) is 0 Å². The van der Waals surface area contributed by atoms with E-state index >= 15 is 0 Å². The summed E-state index contributed by atoms with van der Waals surface area (Å²) in [7, 11) is 0. The zero-order valence-electron chi connectivity index (χ0n) is 6.03. The molecular formula is C6H7N3O2S. The van der Waals surface area contributed by atoms with Gasteiger partial charge in [-0.1, -0.05) is 0 Å². The Morgan fingerprint density at radius 1 is 1.42 bits per heavy atom. The Balaban J connectivity index is 2.45. The smallest absolute Gasteiger partial charge is 0.330 e. The summed E-state index contributed by atoms with van der Waals surface area (Å²) in [6.07, 6.45) is 0. The molecule has 0 saturated heterocycles. The second kappa shape index (κ2) is 3.72. The van der Waals surface area contributed by atoms with Gasteiger partial charge < -0.3 is 5.73 Å². The molecule has 64 valence electrons. The second-order valence-corrected chi connectivity index (χ2v) is 2.74. The predicted molar refractivity (Wildman–Crippen MR) is 44.5 cm³/mol. The van der Waals surface area contributed by atoms with Crippen molar-refractivity contribution in [3.05, 3.63) is 22.4 Å². The molecule has 0 aliphatic heterocycles. The maximum absolute atomic E-state index is 11.0. The highest BCUT2D eigenvalue weighted by atomic mass is 32.1. The van der Waals surface area contributed by atoms with E-state index in [0.717, 1.165) is 0 Å². The number of amides is 3. The molecule has 1 rings (SSSR count). The first-order valence-electron chi connectivity index (χ1n) is 3.08. The molecule has 0 bridgehead atoms. The Hall–Kier alpha value is -1.56. The average molecular weight is 185 g/mol. The third-order valence-electron chi connectivity index (χ3n) is 1.08. The molecule has 0 atom stereocenters. The van der Waals surface area contributed by atoms with Crippen LogP contribution < -0.4 is 16.6 Å². The molecule has 0 fully saturated rings. The minimum absolute atomic E-state index is 0.380. The number of hydrazine groups is 1. The van der Waals surface area contributed by atoms with E-state index in [4.69, 9.17) is 5.73 Å². The number of urea groups is 1. The highest BCUT2D eigenvalue weighted by Crippen LogP contribution is 2.04. The van der Waals surface area contributed by atoms with Gasteiger partial charge in [0, 0.05) is 5.38 Å². The van der Waals surface area contributed by atoms with Crippen LogP contribution in [0.2, 0.25) is 0 Å². The van der Waals surface area contributed by atoms with E-state index in [1.807, 2.05) is 5.43 Å². The Kier molecular flexibility index (Phi) is 2.65. The second-order valence-electron chi connectivity index (χ2n) is 1.96. The maximum Gasteiger partial charge on any atom is 0.330 e. The first-order valence-corrected chi connectivity index (χ1v) is 4.02. The number of hydrogen-bond donors (Lipinski definition) is 3. The Bertz CT molecular complexity index is 283. The fourth-order valence-electron chi connectivity index (χ4n) is 0.584. The maximum atomic E-state index is 11.0. The Labute approximate surface area is 72.5 Å². The van der Waals surface area contributed by atoms with E-state index < -0.39 is 6.03 Å². The van der Waals surface area contributed by atoms with Crippen LogP contribution in [0.5, 0.6) is 0 Å². The molecule has 0 aliphatic carbocycles. The summed E-state index contributed by atoms with van der Waals surface area (Å²) in [5, 5.41) is 3.43. The van der Waals surface area contributed by atoms with Gasteiger partial charge in [-0.2, -0.15) is 11.3 Å². The molecule has 4 N–H and O–H groups in total. The van der Waals surface area contributed by atoms with Crippen LogP contribution >= 0.6 is 11.3 Å². The Morgan fingerprint density at radius 3 is 2.67 bits per heavy atom. The van der Waals surface area contributed by atoms with Crippen molar-refractivity contribution in [2.45, 2.75) is 0 Å². The monoisotopic (exact) mass is 185 g/mol. The third kappa shape index (κ3) is 2.24. The molecule has 0 saturated carbocycles. The van der Waals surface area contributed by atoms with Crippen LogP contribution in [0.3, 0.4) is 0 Å². The lowest BCUT2D eigenvalue weighted by Crippen LogP contribution is -2.44. The van der Waals surface area contributed by atoms with Crippen molar-refractivity contribution in [3.63, 3.8) is 0 Å². The molecule has 0 aliphatic rings. The minimum Gasteiger partial charge on any atom is -0.350 e. The van der Waals surface area contributed by atoms with Crippen LogP contribution in [-0.2, 0) is 0 Å². The van der Waals surface area contributed by atoms with Crippen LogP contribution in [-0.4, -0.2) is 11.9 Å². The summed E-state index contributed by atoms with van der Waals surface area (Å²) in [5.41, 5.74) is 9.33. The van der Waals surface area contributed by atoms with Crippen LogP contribution in [0, 0.1) is 0 Å². The van der Waals surface area contributed by atoms with Crippen molar-refractivity contribution < 1.29 is 9.59 Å². The summed E-state index contributed by atoms with van der Waals surface area (Å²) in [6.45, 7) is 0. The normalized spacial score (nSPS) is 9.00. The largest absolute Gasteiger partial charge is 0.350 e. The molecule has 0 aromatic carbocycles. The number of nitrogens with one attached hydrogen (secondary N) is 2. The molecule has 12 heavy (non-hydrogen) atoms. The van der Waals surface area contributed by atoms with Gasteiger partial charge in [0.25, 0.3) is 5.91 Å². The van der Waals surface area contributed by atoms with Crippen molar-refractivity contribution in [1.82, 2.24) is 10.9 Å². The number of rotatable bonds is 1. The van der Waals surface area contributed by atoms with Crippen LogP contribution in [0.25, 0.3) is 0 Å². The van der Waals surface area contributed by atoms with Crippen LogP contribution in [0.4, 0.5) is 4.79 Å². The number of carbonyl (C=O) groups excluding carboxylic acids is 2. The summed E-state index contributed by atoms with van der Waals surface area (Å²) in [6, 6.07) is 0.849. The topological polar surface area (TPSA) is 84.2 Å². The number of thiophene rings is 1. The number of primary amides is 1. The molecule has 1 heterocycles. The summed E-state index contributed by atoms with van der Waals surface area (Å²) < 4.78 is 0. The third-order valence-corrected chi connectivity index (χ3v) is 1.77. The highest BCUT2D eigenvalue weighted by Gasteiger charge is 2.04. The first kappa shape index (κ1) is 8.54. The first-order chi connectivity index (χ1) is 5.70. The molecule has 6 heteroatoms. The van der Waals surface area contributed by atoms with Gasteiger partial charge in [0.15, 0.2) is 0 Å². The van der Waals surface area contributed by atoms with Crippen molar-refractivity contribution in [3.8, 4) is 0 Å². The van der Waals surface area contributed by atoms with Crippen LogP contribution in [0.15, 0.2) is 16.8 Å². The molecule has 0 spiro atoms. The van der Waals surface area contributed by atoms with Gasteiger partial charge in [0.05, 0.1) is 5.56 Å². The lowest BCUT2D eigenvalue weighted by molar-refractivity contribution is 0.0938. The highest BCUT2D eigenvalue weighted by molar-refractivity contribution is 7.08. The van der Waals surface area contributed by atoms with Gasteiger partial charge in [-0.25, -0.2) is 10.2 Å². The zero-order chi connectivity index (χ0) is 8.97. The van der Waals surface area contributed by atoms with Gasteiger partial charge in [-0.05, 0) is 11.4 Å². The molecule has 0 unspecified atom stereocenters. The van der Waals surface area contributed by atoms with E-state index in [9.17, 15) is 9.59 Å². The van der Waals surface area contributed by atoms with Crippen LogP contribution in [0.1, 0.15) is 10.4 Å². The van der Waals surface area contributed by atoms with E-state index in [0.29, 0.717) is 5.56 Å². The van der Waals surface area contributed by atoms with E-state index in [2.05, 4.69) is 5.43 Å². The fourth-order valence-corrected chi connectivity index (χ4v) is 1.22. The molecular weight excluding hydrogens is 178 g/mol. The van der Waals surface area contributed by atoms with Gasteiger partial charge >= 0.3 is 6.03 Å². The lowest BCUT2D eigenvalue weighted by Gasteiger charge is -2.01. The lowest BCUT2D eigenvalue weighted by atomic mass is 10.3. The number of nitrogens with two attached hydrogens (primary N) is 1. The summed E-state index contributed by atoms with van der Waals surface area (Å²) >= 11 is 1.40. The molecule has 5 nitrogen and oxygen atoms in total. The standard InChI is InChI=1S/C6H7N3O2S/c7-6(11)9-8-5(10)4-1-2-12-3-4/h1-3H,(H,8,10)(H3,7,9,11). The van der Waals surface area contributed by atoms with Crippen molar-refractivity contribution in [2.24, 2.45) is 5.73 Å².